The van der Waals surface area contributed by atoms with Crippen LogP contribution in [0.1, 0.15) is 26.2 Å². The molecule has 1 saturated heterocycles. The van der Waals surface area contributed by atoms with Crippen LogP contribution in [0, 0.1) is 0 Å². The van der Waals surface area contributed by atoms with Crippen LogP contribution < -0.4 is 5.32 Å². The molecule has 0 saturated carbocycles. The Balaban J connectivity index is 1.96. The summed E-state index contributed by atoms with van der Waals surface area (Å²) in [6.07, 6.45) is 2.92. The quantitative estimate of drug-likeness (QED) is 0.929. The number of hydrogen-bond acceptors (Lipinski definition) is 3. The minimum atomic E-state index is -0.133. The number of likely N-dealkylation sites (tertiary alicyclic amines) is 1. The zero-order valence-corrected chi connectivity index (χ0v) is 12.3. The molecular weight excluding hydrogens is 276 g/mol. The van der Waals surface area contributed by atoms with Crippen molar-refractivity contribution in [1.29, 1.82) is 0 Å². The highest BCUT2D eigenvalue weighted by Gasteiger charge is 2.27. The number of Topliss-reactive ketones (excluding diaryl/α,β-unsaturated/α-hetero) is 1. The Labute approximate surface area is 124 Å². The second-order valence-electron chi connectivity index (χ2n) is 5.12. The lowest BCUT2D eigenvalue weighted by Crippen LogP contribution is -2.47. The van der Waals surface area contributed by atoms with Gasteiger partial charge in [-0.1, -0.05) is 30.2 Å². The lowest BCUT2D eigenvalue weighted by Gasteiger charge is -2.33. The molecule has 0 aromatic heterocycles. The lowest BCUT2D eigenvalue weighted by molar-refractivity contribution is -0.125. The third-order valence-corrected chi connectivity index (χ3v) is 3.91. The van der Waals surface area contributed by atoms with Gasteiger partial charge in [-0.25, -0.2) is 0 Å². The van der Waals surface area contributed by atoms with Gasteiger partial charge in [0.1, 0.15) is 5.78 Å². The van der Waals surface area contributed by atoms with Gasteiger partial charge in [0.2, 0.25) is 5.91 Å². The topological polar surface area (TPSA) is 49.4 Å². The van der Waals surface area contributed by atoms with E-state index in [0.717, 1.165) is 25.8 Å². The molecule has 2 rings (SSSR count). The van der Waals surface area contributed by atoms with E-state index in [1.807, 2.05) is 17.0 Å². The molecule has 1 fully saturated rings. The summed E-state index contributed by atoms with van der Waals surface area (Å²) in [4.78, 5) is 25.6. The molecule has 1 heterocycles. The average Bonchev–Trinajstić information content (AvgIpc) is 2.41. The molecule has 108 valence electrons. The summed E-state index contributed by atoms with van der Waals surface area (Å²) in [7, 11) is 0. The molecule has 1 unspecified atom stereocenters. The maximum atomic E-state index is 12.1. The lowest BCUT2D eigenvalue weighted by atomic mass is 9.99. The van der Waals surface area contributed by atoms with Crippen molar-refractivity contribution in [2.45, 2.75) is 32.2 Å². The van der Waals surface area contributed by atoms with E-state index in [1.165, 1.54) is 0 Å². The number of para-hydroxylation sites is 1. The summed E-state index contributed by atoms with van der Waals surface area (Å²) >= 11 is 6.01. The minimum absolute atomic E-state index is 0.124. The SMILES string of the molecule is CC(=O)C1CCCCN1CC(=O)Nc1ccccc1Cl. The largest absolute Gasteiger partial charge is 0.324 e. The third kappa shape index (κ3) is 3.81. The fourth-order valence-electron chi connectivity index (χ4n) is 2.58. The van der Waals surface area contributed by atoms with Crippen molar-refractivity contribution in [1.82, 2.24) is 4.90 Å². The molecule has 1 aliphatic rings. The summed E-state index contributed by atoms with van der Waals surface area (Å²) < 4.78 is 0. The molecule has 1 amide bonds. The molecule has 1 aliphatic heterocycles. The predicted octanol–water partition coefficient (Wildman–Crippen LogP) is 2.72. The third-order valence-electron chi connectivity index (χ3n) is 3.58. The van der Waals surface area contributed by atoms with Gasteiger partial charge in [0, 0.05) is 0 Å². The van der Waals surface area contributed by atoms with Crippen LogP contribution in [0.3, 0.4) is 0 Å². The summed E-state index contributed by atoms with van der Waals surface area (Å²) in [5.74, 6) is 0.00138. The van der Waals surface area contributed by atoms with Gasteiger partial charge < -0.3 is 5.32 Å². The smallest absolute Gasteiger partial charge is 0.238 e. The minimum Gasteiger partial charge on any atom is -0.324 e. The van der Waals surface area contributed by atoms with Crippen LogP contribution in [0.2, 0.25) is 5.02 Å². The van der Waals surface area contributed by atoms with E-state index in [4.69, 9.17) is 11.6 Å². The number of carbonyl (C=O) groups excluding carboxylic acids is 2. The Hall–Kier alpha value is -1.39. The highest BCUT2D eigenvalue weighted by molar-refractivity contribution is 6.33. The molecule has 0 bridgehead atoms. The summed E-state index contributed by atoms with van der Waals surface area (Å²) in [6.45, 7) is 2.62. The van der Waals surface area contributed by atoms with Crippen molar-refractivity contribution in [2.75, 3.05) is 18.4 Å². The maximum absolute atomic E-state index is 12.1. The number of hydrogen-bond donors (Lipinski definition) is 1. The van der Waals surface area contributed by atoms with Gasteiger partial charge in [-0.3, -0.25) is 14.5 Å². The highest BCUT2D eigenvalue weighted by Crippen LogP contribution is 2.21. The first kappa shape index (κ1) is 15.0. The molecule has 1 atom stereocenters. The number of amides is 1. The molecule has 0 aliphatic carbocycles. The van der Waals surface area contributed by atoms with Gasteiger partial charge in [0.15, 0.2) is 0 Å². The van der Waals surface area contributed by atoms with E-state index in [-0.39, 0.29) is 24.3 Å². The van der Waals surface area contributed by atoms with Crippen molar-refractivity contribution in [3.63, 3.8) is 0 Å². The molecule has 0 radical (unpaired) electrons. The summed E-state index contributed by atoms with van der Waals surface area (Å²) in [5.41, 5.74) is 0.607. The number of ketones is 1. The number of nitrogens with one attached hydrogen (secondary N) is 1. The van der Waals surface area contributed by atoms with E-state index in [2.05, 4.69) is 5.32 Å². The van der Waals surface area contributed by atoms with Crippen molar-refractivity contribution >= 4 is 29.0 Å². The summed E-state index contributed by atoms with van der Waals surface area (Å²) in [5, 5.41) is 3.31. The molecule has 20 heavy (non-hydrogen) atoms. The molecule has 1 aromatic rings. The van der Waals surface area contributed by atoms with Crippen LogP contribution in [0.15, 0.2) is 24.3 Å². The van der Waals surface area contributed by atoms with Gasteiger partial charge >= 0.3 is 0 Å². The summed E-state index contributed by atoms with van der Waals surface area (Å²) in [6, 6.07) is 7.01. The highest BCUT2D eigenvalue weighted by atomic mass is 35.5. The fourth-order valence-corrected chi connectivity index (χ4v) is 2.76. The van der Waals surface area contributed by atoms with Crippen LogP contribution in [-0.2, 0) is 9.59 Å². The predicted molar refractivity (Wildman–Crippen MR) is 80.0 cm³/mol. The number of nitrogens with zero attached hydrogens (tertiary/aromatic N) is 1. The number of benzene rings is 1. The zero-order valence-electron chi connectivity index (χ0n) is 11.6. The number of halogens is 1. The second-order valence-corrected chi connectivity index (χ2v) is 5.53. The molecule has 5 heteroatoms. The van der Waals surface area contributed by atoms with Gasteiger partial charge in [-0.2, -0.15) is 0 Å². The van der Waals surface area contributed by atoms with Crippen LogP contribution in [0.4, 0.5) is 5.69 Å². The van der Waals surface area contributed by atoms with Crippen molar-refractivity contribution in [3.8, 4) is 0 Å². The molecule has 1 aromatic carbocycles. The van der Waals surface area contributed by atoms with Crippen LogP contribution in [-0.4, -0.2) is 35.7 Å². The first-order chi connectivity index (χ1) is 9.58. The van der Waals surface area contributed by atoms with Gasteiger partial charge in [0.05, 0.1) is 23.3 Å². The molecule has 0 spiro atoms. The van der Waals surface area contributed by atoms with E-state index in [1.54, 1.807) is 19.1 Å². The van der Waals surface area contributed by atoms with Gasteiger partial charge in [0.25, 0.3) is 0 Å². The second kappa shape index (κ2) is 6.86. The molecular formula is C15H19ClN2O2. The van der Waals surface area contributed by atoms with Gasteiger partial charge in [-0.15, -0.1) is 0 Å². The Morgan fingerprint density at radius 2 is 2.10 bits per heavy atom. The standard InChI is InChI=1S/C15H19ClN2O2/c1-11(19)14-8-4-5-9-18(14)10-15(20)17-13-7-3-2-6-12(13)16/h2-3,6-7,14H,4-5,8-10H2,1H3,(H,17,20). The van der Waals surface area contributed by atoms with Crippen LogP contribution >= 0.6 is 11.6 Å². The van der Waals surface area contributed by atoms with Crippen molar-refractivity contribution in [3.05, 3.63) is 29.3 Å². The monoisotopic (exact) mass is 294 g/mol. The first-order valence-electron chi connectivity index (χ1n) is 6.87. The zero-order chi connectivity index (χ0) is 14.5. The number of anilines is 1. The van der Waals surface area contributed by atoms with E-state index < -0.39 is 0 Å². The van der Waals surface area contributed by atoms with Crippen LogP contribution in [0.5, 0.6) is 0 Å². The molecule has 4 nitrogen and oxygen atoms in total. The van der Waals surface area contributed by atoms with Crippen LogP contribution in [0.25, 0.3) is 0 Å². The van der Waals surface area contributed by atoms with Gasteiger partial charge in [-0.05, 0) is 38.4 Å². The molecule has 1 N–H and O–H groups in total. The van der Waals surface area contributed by atoms with Crippen molar-refractivity contribution in [2.24, 2.45) is 0 Å². The van der Waals surface area contributed by atoms with Crippen molar-refractivity contribution < 1.29 is 9.59 Å². The number of carbonyl (C=O) groups is 2. The Morgan fingerprint density at radius 1 is 1.35 bits per heavy atom. The van der Waals surface area contributed by atoms with E-state index >= 15 is 0 Å². The van der Waals surface area contributed by atoms with E-state index in [0.29, 0.717) is 10.7 Å². The normalized spacial score (nSPS) is 19.6. The maximum Gasteiger partial charge on any atom is 0.238 e. The number of piperidine rings is 1. The average molecular weight is 295 g/mol. The Kier molecular flexibility index (Phi) is 5.15. The number of rotatable bonds is 4. The first-order valence-corrected chi connectivity index (χ1v) is 7.24. The van der Waals surface area contributed by atoms with E-state index in [9.17, 15) is 9.59 Å². The fraction of sp³-hybridized carbons (Fsp3) is 0.467. The Morgan fingerprint density at radius 3 is 2.80 bits per heavy atom. The Bertz CT molecular complexity index is 504.